The van der Waals surface area contributed by atoms with Gasteiger partial charge in [0.2, 0.25) is 11.8 Å². The minimum Gasteiger partial charge on any atom is -0.345 e. The van der Waals surface area contributed by atoms with E-state index < -0.39 is 6.04 Å². The van der Waals surface area contributed by atoms with Crippen LogP contribution in [0, 0.1) is 13.8 Å². The lowest BCUT2D eigenvalue weighted by Gasteiger charge is -2.15. The number of amides is 2. The fourth-order valence-corrected chi connectivity index (χ4v) is 1.61. The van der Waals surface area contributed by atoms with Crippen LogP contribution in [0.15, 0.2) is 18.2 Å². The number of hydrogen-bond donors (Lipinski definition) is 2. The van der Waals surface area contributed by atoms with E-state index in [2.05, 4.69) is 10.6 Å². The van der Waals surface area contributed by atoms with Crippen molar-refractivity contribution in [2.45, 2.75) is 33.7 Å². The van der Waals surface area contributed by atoms with E-state index in [-0.39, 0.29) is 11.8 Å². The van der Waals surface area contributed by atoms with Crippen molar-refractivity contribution in [3.8, 4) is 0 Å². The first-order chi connectivity index (χ1) is 7.91. The maximum atomic E-state index is 11.8. The minimum absolute atomic E-state index is 0.211. The second-order valence-electron chi connectivity index (χ2n) is 4.18. The average Bonchev–Trinajstić information content (AvgIpc) is 2.22. The van der Waals surface area contributed by atoms with Gasteiger partial charge >= 0.3 is 0 Å². The van der Waals surface area contributed by atoms with Crippen LogP contribution >= 0.6 is 0 Å². The standard InChI is InChI=1S/C13H18N2O2/c1-8-6-5-7-9(2)12(8)15-13(17)10(3)14-11(4)16/h5-7,10H,1-4H3,(H,14,16)(H,15,17). The molecule has 0 radical (unpaired) electrons. The Morgan fingerprint density at radius 1 is 1.18 bits per heavy atom. The lowest BCUT2D eigenvalue weighted by Crippen LogP contribution is -2.40. The number of hydrogen-bond acceptors (Lipinski definition) is 2. The number of benzene rings is 1. The highest BCUT2D eigenvalue weighted by atomic mass is 16.2. The Labute approximate surface area is 101 Å². The molecule has 0 saturated heterocycles. The zero-order valence-corrected chi connectivity index (χ0v) is 10.6. The van der Waals surface area contributed by atoms with E-state index in [4.69, 9.17) is 0 Å². The van der Waals surface area contributed by atoms with Gasteiger partial charge in [-0.3, -0.25) is 9.59 Å². The molecule has 1 aromatic rings. The predicted octanol–water partition coefficient (Wildman–Crippen LogP) is 1.77. The van der Waals surface area contributed by atoms with Crippen LogP contribution in [0.2, 0.25) is 0 Å². The lowest BCUT2D eigenvalue weighted by molar-refractivity contribution is -0.124. The molecule has 0 aliphatic carbocycles. The smallest absolute Gasteiger partial charge is 0.246 e. The van der Waals surface area contributed by atoms with Gasteiger partial charge < -0.3 is 10.6 Å². The first-order valence-electron chi connectivity index (χ1n) is 5.56. The normalized spacial score (nSPS) is 11.8. The van der Waals surface area contributed by atoms with Crippen molar-refractivity contribution in [3.63, 3.8) is 0 Å². The molecule has 0 fully saturated rings. The summed E-state index contributed by atoms with van der Waals surface area (Å²) in [6.07, 6.45) is 0. The van der Waals surface area contributed by atoms with E-state index in [1.807, 2.05) is 32.0 Å². The van der Waals surface area contributed by atoms with Crippen molar-refractivity contribution < 1.29 is 9.59 Å². The van der Waals surface area contributed by atoms with Crippen LogP contribution in [-0.4, -0.2) is 17.9 Å². The van der Waals surface area contributed by atoms with Gasteiger partial charge in [-0.2, -0.15) is 0 Å². The molecule has 0 spiro atoms. The molecule has 0 heterocycles. The van der Waals surface area contributed by atoms with Gasteiger partial charge in [-0.05, 0) is 31.9 Å². The van der Waals surface area contributed by atoms with Crippen LogP contribution in [0.4, 0.5) is 5.69 Å². The highest BCUT2D eigenvalue weighted by molar-refractivity contribution is 5.97. The maximum absolute atomic E-state index is 11.8. The third-order valence-corrected chi connectivity index (χ3v) is 2.54. The number of carbonyl (C=O) groups is 2. The third-order valence-electron chi connectivity index (χ3n) is 2.54. The van der Waals surface area contributed by atoms with Crippen molar-refractivity contribution >= 4 is 17.5 Å². The first-order valence-corrected chi connectivity index (χ1v) is 5.56. The number of para-hydroxylation sites is 1. The summed E-state index contributed by atoms with van der Waals surface area (Å²) >= 11 is 0. The number of aryl methyl sites for hydroxylation is 2. The molecule has 0 aromatic heterocycles. The summed E-state index contributed by atoms with van der Waals surface area (Å²) in [4.78, 5) is 22.7. The van der Waals surface area contributed by atoms with Crippen LogP contribution < -0.4 is 10.6 Å². The molecule has 92 valence electrons. The Morgan fingerprint density at radius 3 is 2.18 bits per heavy atom. The SMILES string of the molecule is CC(=O)NC(C)C(=O)Nc1c(C)cccc1C. The molecule has 1 rings (SSSR count). The van der Waals surface area contributed by atoms with Crippen LogP contribution in [0.1, 0.15) is 25.0 Å². The summed E-state index contributed by atoms with van der Waals surface area (Å²) in [5, 5.41) is 5.38. The van der Waals surface area contributed by atoms with Crippen LogP contribution in [0.5, 0.6) is 0 Å². The van der Waals surface area contributed by atoms with Gasteiger partial charge in [0.25, 0.3) is 0 Å². The van der Waals surface area contributed by atoms with E-state index in [0.29, 0.717) is 0 Å². The van der Waals surface area contributed by atoms with E-state index in [1.165, 1.54) is 6.92 Å². The summed E-state index contributed by atoms with van der Waals surface area (Å²) in [6, 6.07) is 5.28. The molecule has 1 atom stereocenters. The Balaban J connectivity index is 2.78. The molecule has 2 amide bonds. The van der Waals surface area contributed by atoms with Gasteiger partial charge in [0.1, 0.15) is 6.04 Å². The Kier molecular flexibility index (Phi) is 4.26. The topological polar surface area (TPSA) is 58.2 Å². The number of nitrogens with one attached hydrogen (secondary N) is 2. The van der Waals surface area contributed by atoms with Gasteiger partial charge in [-0.15, -0.1) is 0 Å². The molecule has 1 aromatic carbocycles. The molecule has 0 saturated carbocycles. The van der Waals surface area contributed by atoms with Crippen LogP contribution in [0.3, 0.4) is 0 Å². The average molecular weight is 234 g/mol. The largest absolute Gasteiger partial charge is 0.345 e. The number of rotatable bonds is 3. The molecule has 0 aliphatic heterocycles. The summed E-state index contributed by atoms with van der Waals surface area (Å²) < 4.78 is 0. The van der Waals surface area contributed by atoms with Crippen molar-refractivity contribution in [1.29, 1.82) is 0 Å². The van der Waals surface area contributed by atoms with Gasteiger partial charge in [0.05, 0.1) is 0 Å². The van der Waals surface area contributed by atoms with Crippen LogP contribution in [0.25, 0.3) is 0 Å². The van der Waals surface area contributed by atoms with Crippen molar-refractivity contribution in [2.75, 3.05) is 5.32 Å². The number of carbonyl (C=O) groups excluding carboxylic acids is 2. The summed E-state index contributed by atoms with van der Waals surface area (Å²) in [7, 11) is 0. The molecule has 0 aliphatic rings. The molecule has 0 bridgehead atoms. The molecule has 2 N–H and O–H groups in total. The maximum Gasteiger partial charge on any atom is 0.246 e. The van der Waals surface area contributed by atoms with E-state index in [0.717, 1.165) is 16.8 Å². The molecule has 4 heteroatoms. The fraction of sp³-hybridized carbons (Fsp3) is 0.385. The zero-order valence-electron chi connectivity index (χ0n) is 10.6. The van der Waals surface area contributed by atoms with Crippen molar-refractivity contribution in [1.82, 2.24) is 5.32 Å². The minimum atomic E-state index is -0.536. The molecule has 4 nitrogen and oxygen atoms in total. The second kappa shape index (κ2) is 5.48. The number of anilines is 1. The third kappa shape index (κ3) is 3.59. The second-order valence-corrected chi connectivity index (χ2v) is 4.18. The fourth-order valence-electron chi connectivity index (χ4n) is 1.61. The summed E-state index contributed by atoms with van der Waals surface area (Å²) in [5.41, 5.74) is 2.83. The quantitative estimate of drug-likeness (QED) is 0.837. The van der Waals surface area contributed by atoms with Crippen molar-refractivity contribution in [2.24, 2.45) is 0 Å². The highest BCUT2D eigenvalue weighted by Crippen LogP contribution is 2.19. The van der Waals surface area contributed by atoms with E-state index >= 15 is 0 Å². The van der Waals surface area contributed by atoms with Gasteiger partial charge in [-0.1, -0.05) is 18.2 Å². The van der Waals surface area contributed by atoms with Gasteiger partial charge in [0, 0.05) is 12.6 Å². The molecular formula is C13H18N2O2. The summed E-state index contributed by atoms with van der Waals surface area (Å²) in [6.45, 7) is 6.92. The summed E-state index contributed by atoms with van der Waals surface area (Å²) in [5.74, 6) is -0.424. The zero-order chi connectivity index (χ0) is 13.0. The molecular weight excluding hydrogens is 216 g/mol. The van der Waals surface area contributed by atoms with E-state index in [1.54, 1.807) is 6.92 Å². The van der Waals surface area contributed by atoms with Crippen LogP contribution in [-0.2, 0) is 9.59 Å². The highest BCUT2D eigenvalue weighted by Gasteiger charge is 2.15. The van der Waals surface area contributed by atoms with Gasteiger partial charge in [-0.25, -0.2) is 0 Å². The Hall–Kier alpha value is -1.84. The van der Waals surface area contributed by atoms with E-state index in [9.17, 15) is 9.59 Å². The lowest BCUT2D eigenvalue weighted by atomic mass is 10.1. The molecule has 1 unspecified atom stereocenters. The first kappa shape index (κ1) is 13.2. The molecule has 17 heavy (non-hydrogen) atoms. The monoisotopic (exact) mass is 234 g/mol. The Bertz CT molecular complexity index is 421. The predicted molar refractivity (Wildman–Crippen MR) is 67.8 cm³/mol. The van der Waals surface area contributed by atoms with Crippen molar-refractivity contribution in [3.05, 3.63) is 29.3 Å². The Morgan fingerprint density at radius 2 is 1.71 bits per heavy atom. The van der Waals surface area contributed by atoms with Gasteiger partial charge in [0.15, 0.2) is 0 Å².